The summed E-state index contributed by atoms with van der Waals surface area (Å²) in [6.45, 7) is 15.3. The Morgan fingerprint density at radius 3 is 2.42 bits per heavy atom. The van der Waals surface area contributed by atoms with Gasteiger partial charge in [-0.05, 0) is 105 Å². The number of pyridine rings is 1. The van der Waals surface area contributed by atoms with Crippen LogP contribution in [0.4, 0.5) is 27.4 Å². The Morgan fingerprint density at radius 2 is 1.67 bits per heavy atom. The van der Waals surface area contributed by atoms with Crippen LogP contribution in [-0.2, 0) is 29.1 Å². The molecule has 6 aliphatic rings. The number of carbonyl (C=O) groups is 3. The van der Waals surface area contributed by atoms with Crippen molar-refractivity contribution in [3.8, 4) is 5.82 Å². The Labute approximate surface area is 388 Å². The first kappa shape index (κ1) is 43.1. The van der Waals surface area contributed by atoms with Gasteiger partial charge in [-0.1, -0.05) is 19.1 Å². The predicted octanol–water partition coefficient (Wildman–Crippen LogP) is 4.97. The van der Waals surface area contributed by atoms with E-state index < -0.39 is 17.8 Å². The Bertz CT molecular complexity index is 2820. The standard InChI is InChI=1S/C50H57FN12O4/c1-3-17-62-49(67)39-26-52-50(56-46(39)63(62)43-13-7-33-6-5-32(4-2)45(33)54-43)53-35-8-10-36(11-9-35)58-20-22-59(23-21-58)37-15-18-57(19-16-37)27-31-28-60(29-31)42-24-34-30-61(48(66)38(34)25-40(42)51)41-12-14-44(64)55-47(41)65/h3,7-11,13,24-26,31-32,37,41H,1,4-6,12,14-23,27-30H2,2H3,(H,52,53,56)(H,55,64,65). The lowest BCUT2D eigenvalue weighted by atomic mass is 9.95. The number of rotatable bonds is 12. The summed E-state index contributed by atoms with van der Waals surface area (Å²) in [5.74, 6) is 0.375. The summed E-state index contributed by atoms with van der Waals surface area (Å²) in [7, 11) is 0. The van der Waals surface area contributed by atoms with Gasteiger partial charge in [0.1, 0.15) is 17.2 Å². The second-order valence-electron chi connectivity index (χ2n) is 19.1. The Morgan fingerprint density at radius 1 is 0.881 bits per heavy atom. The molecule has 0 spiro atoms. The molecule has 2 aromatic carbocycles. The Hall–Kier alpha value is -6.46. The number of hydrogen-bond acceptors (Lipinski definition) is 12. The van der Waals surface area contributed by atoms with Crippen LogP contribution in [-0.4, -0.2) is 128 Å². The third kappa shape index (κ3) is 8.04. The number of fused-ring (bicyclic) bond motifs is 3. The highest BCUT2D eigenvalue weighted by molar-refractivity contribution is 6.05. The molecular weight excluding hydrogens is 852 g/mol. The molecule has 4 saturated heterocycles. The number of imide groups is 1. The van der Waals surface area contributed by atoms with Crippen LogP contribution < -0.4 is 26.0 Å². The van der Waals surface area contributed by atoms with Crippen LogP contribution in [0.25, 0.3) is 16.9 Å². The molecule has 17 heteroatoms. The molecular formula is C50H57FN12O4. The van der Waals surface area contributed by atoms with Crippen LogP contribution in [0, 0.1) is 11.7 Å². The Kier molecular flexibility index (Phi) is 11.4. The fraction of sp³-hybridized carbons (Fsp3) is 0.460. The summed E-state index contributed by atoms with van der Waals surface area (Å²) in [6, 6.07) is 15.5. The highest BCUT2D eigenvalue weighted by Gasteiger charge is 2.41. The molecule has 5 aliphatic heterocycles. The summed E-state index contributed by atoms with van der Waals surface area (Å²) < 4.78 is 18.8. The molecule has 2 atom stereocenters. The average Bonchev–Trinajstić information content (AvgIpc) is 3.97. The van der Waals surface area contributed by atoms with Crippen molar-refractivity contribution in [3.05, 3.63) is 106 Å². The topological polar surface area (TPSA) is 157 Å². The monoisotopic (exact) mass is 908 g/mol. The van der Waals surface area contributed by atoms with Gasteiger partial charge in [-0.25, -0.2) is 23.7 Å². The quantitative estimate of drug-likeness (QED) is 0.128. The molecule has 0 radical (unpaired) electrons. The highest BCUT2D eigenvalue weighted by Crippen LogP contribution is 2.37. The number of benzene rings is 2. The maximum Gasteiger partial charge on any atom is 0.278 e. The van der Waals surface area contributed by atoms with Crippen LogP contribution >= 0.6 is 0 Å². The highest BCUT2D eigenvalue weighted by atomic mass is 19.1. The van der Waals surface area contributed by atoms with E-state index >= 15 is 4.39 Å². The van der Waals surface area contributed by atoms with Crippen molar-refractivity contribution in [2.24, 2.45) is 5.92 Å². The first-order chi connectivity index (χ1) is 32.6. The second-order valence-corrected chi connectivity index (χ2v) is 19.1. The van der Waals surface area contributed by atoms with Gasteiger partial charge in [0, 0.05) is 105 Å². The lowest BCUT2D eigenvalue weighted by Crippen LogP contribution is -2.55. The number of nitrogens with zero attached hydrogens (tertiary/aromatic N) is 10. The minimum atomic E-state index is -0.716. The number of anilines is 4. The molecule has 3 aromatic heterocycles. The molecule has 8 heterocycles. The zero-order chi connectivity index (χ0) is 45.9. The molecule has 2 unspecified atom stereocenters. The normalized spacial score (nSPS) is 21.8. The predicted molar refractivity (Wildman–Crippen MR) is 254 cm³/mol. The van der Waals surface area contributed by atoms with E-state index in [1.54, 1.807) is 23.0 Å². The lowest BCUT2D eigenvalue weighted by molar-refractivity contribution is -0.136. The summed E-state index contributed by atoms with van der Waals surface area (Å²) in [5.41, 5.74) is 6.30. The van der Waals surface area contributed by atoms with Crippen molar-refractivity contribution in [1.29, 1.82) is 0 Å². The van der Waals surface area contributed by atoms with E-state index in [0.29, 0.717) is 58.5 Å². The molecule has 348 valence electrons. The molecule has 4 fully saturated rings. The van der Waals surface area contributed by atoms with E-state index in [-0.39, 0.29) is 36.8 Å². The van der Waals surface area contributed by atoms with E-state index in [4.69, 9.17) is 9.97 Å². The van der Waals surface area contributed by atoms with Crippen molar-refractivity contribution in [3.63, 3.8) is 0 Å². The molecule has 3 amide bonds. The van der Waals surface area contributed by atoms with Crippen molar-refractivity contribution < 1.29 is 18.8 Å². The summed E-state index contributed by atoms with van der Waals surface area (Å²) >= 11 is 0. The number of amides is 3. The van der Waals surface area contributed by atoms with Gasteiger partial charge >= 0.3 is 0 Å². The third-order valence-electron chi connectivity index (χ3n) is 15.1. The van der Waals surface area contributed by atoms with Crippen LogP contribution in [0.3, 0.4) is 0 Å². The largest absolute Gasteiger partial charge is 0.369 e. The van der Waals surface area contributed by atoms with Crippen LogP contribution in [0.1, 0.15) is 78.5 Å². The fourth-order valence-electron chi connectivity index (χ4n) is 11.4. The van der Waals surface area contributed by atoms with Crippen molar-refractivity contribution in [2.75, 3.05) is 74.0 Å². The number of nitrogens with one attached hydrogen (secondary N) is 2. The maximum absolute atomic E-state index is 15.4. The molecule has 16 nitrogen and oxygen atoms in total. The van der Waals surface area contributed by atoms with Crippen LogP contribution in [0.2, 0.25) is 0 Å². The van der Waals surface area contributed by atoms with Gasteiger partial charge < -0.3 is 24.9 Å². The second kappa shape index (κ2) is 17.6. The number of allylic oxidation sites excluding steroid dienone is 1. The average molecular weight is 909 g/mol. The molecule has 0 saturated carbocycles. The van der Waals surface area contributed by atoms with Gasteiger partial charge in [0.05, 0.1) is 12.2 Å². The Balaban J connectivity index is 0.652. The number of halogens is 1. The zero-order valence-electron chi connectivity index (χ0n) is 38.0. The van der Waals surface area contributed by atoms with Crippen molar-refractivity contribution >= 4 is 51.8 Å². The van der Waals surface area contributed by atoms with Gasteiger partial charge in [-0.2, -0.15) is 4.98 Å². The molecule has 11 rings (SSSR count). The number of aromatic nitrogens is 5. The summed E-state index contributed by atoms with van der Waals surface area (Å²) in [6.07, 6.45) is 9.20. The number of hydrogen-bond donors (Lipinski definition) is 2. The molecule has 5 aromatic rings. The molecule has 67 heavy (non-hydrogen) atoms. The number of likely N-dealkylation sites (tertiary alicyclic amines) is 1. The zero-order valence-corrected chi connectivity index (χ0v) is 38.0. The van der Waals surface area contributed by atoms with Crippen molar-refractivity contribution in [2.45, 2.75) is 83.0 Å². The SMILES string of the molecule is C=CCn1c(=O)c2cnc(Nc3ccc(N4CCN(C5CCN(CC6CN(c7cc8c(cc7F)C(=O)N(C7CCC(=O)NC7=O)C8)C6)CC5)CC4)cc3)nc2n1-c1ccc2c(n1)C(CC)CC2. The van der Waals surface area contributed by atoms with E-state index in [2.05, 4.69) is 79.1 Å². The minimum absolute atomic E-state index is 0.179. The summed E-state index contributed by atoms with van der Waals surface area (Å²) in [5, 5.41) is 6.12. The van der Waals surface area contributed by atoms with Crippen molar-refractivity contribution in [1.82, 2.24) is 44.3 Å². The fourth-order valence-corrected chi connectivity index (χ4v) is 11.4. The van der Waals surface area contributed by atoms with Crippen LogP contribution in [0.5, 0.6) is 0 Å². The smallest absolute Gasteiger partial charge is 0.278 e. The van der Waals surface area contributed by atoms with Gasteiger partial charge in [-0.3, -0.25) is 29.4 Å². The molecule has 2 N–H and O–H groups in total. The van der Waals surface area contributed by atoms with E-state index in [0.717, 1.165) is 108 Å². The van der Waals surface area contributed by atoms with Gasteiger partial charge in [0.2, 0.25) is 17.8 Å². The first-order valence-corrected chi connectivity index (χ1v) is 24.0. The number of piperidine rings is 2. The maximum atomic E-state index is 15.4. The first-order valence-electron chi connectivity index (χ1n) is 24.0. The van der Waals surface area contributed by atoms with Crippen LogP contribution in [0.15, 0.2) is 72.2 Å². The molecule has 1 aliphatic carbocycles. The lowest BCUT2D eigenvalue weighted by Gasteiger charge is -2.46. The van der Waals surface area contributed by atoms with Gasteiger partial charge in [-0.15, -0.1) is 6.58 Å². The number of carbonyl (C=O) groups excluding carboxylic acids is 3. The van der Waals surface area contributed by atoms with E-state index in [1.807, 2.05) is 10.7 Å². The number of piperazine rings is 1. The van der Waals surface area contributed by atoms with E-state index in [1.165, 1.54) is 22.2 Å². The minimum Gasteiger partial charge on any atom is -0.369 e. The number of aryl methyl sites for hydroxylation is 1. The van der Waals surface area contributed by atoms with E-state index in [9.17, 15) is 19.2 Å². The van der Waals surface area contributed by atoms with Gasteiger partial charge in [0.25, 0.3) is 11.5 Å². The molecule has 0 bridgehead atoms. The third-order valence-corrected chi connectivity index (χ3v) is 15.1. The van der Waals surface area contributed by atoms with Gasteiger partial charge in [0.15, 0.2) is 11.5 Å². The summed E-state index contributed by atoms with van der Waals surface area (Å²) in [4.78, 5) is 76.5.